The molecule has 2 aliphatic carbocycles. The van der Waals surface area contributed by atoms with E-state index in [0.717, 1.165) is 51.0 Å². The lowest BCUT2D eigenvalue weighted by Gasteiger charge is -2.35. The first-order valence-corrected chi connectivity index (χ1v) is 22.1. The third-order valence-corrected chi connectivity index (χ3v) is 11.7. The molecule has 63 heavy (non-hydrogen) atoms. The number of phenolic OH excluding ortho intramolecular Hbond substituents is 2. The van der Waals surface area contributed by atoms with Crippen LogP contribution in [0.25, 0.3) is 0 Å². The third-order valence-electron chi connectivity index (χ3n) is 11.7. The van der Waals surface area contributed by atoms with Crippen LogP contribution in [0.2, 0.25) is 0 Å². The van der Waals surface area contributed by atoms with E-state index in [4.69, 9.17) is 18.9 Å². The molecule has 0 fully saturated rings. The summed E-state index contributed by atoms with van der Waals surface area (Å²) in [7, 11) is 0. The number of carbonyl (C=O) groups is 6. The topological polar surface area (TPSA) is 200 Å². The summed E-state index contributed by atoms with van der Waals surface area (Å²) in [4.78, 5) is 81.4. The molecule has 0 radical (unpaired) electrons. The summed E-state index contributed by atoms with van der Waals surface area (Å²) in [6, 6.07) is 2.16. The smallest absolute Gasteiger partial charge is 0.343 e. The summed E-state index contributed by atoms with van der Waals surface area (Å²) in [5.41, 5.74) is -3.99. The Morgan fingerprint density at radius 3 is 2.08 bits per heavy atom. The van der Waals surface area contributed by atoms with Crippen molar-refractivity contribution < 1.29 is 63.0 Å². The predicted octanol–water partition coefficient (Wildman–Crippen LogP) is 8.60. The molecule has 1 aromatic rings. The largest absolute Gasteiger partial charge is 0.508 e. The van der Waals surface area contributed by atoms with E-state index in [2.05, 4.69) is 6.92 Å². The van der Waals surface area contributed by atoms with Crippen LogP contribution in [0.3, 0.4) is 0 Å². The van der Waals surface area contributed by atoms with Crippen molar-refractivity contribution in [3.05, 3.63) is 105 Å². The molecule has 13 nitrogen and oxygen atoms in total. The number of ether oxygens (including phenoxy) is 4. The van der Waals surface area contributed by atoms with Gasteiger partial charge in [-0.25, -0.2) is 4.79 Å². The molecule has 0 spiro atoms. The molecule has 2 aliphatic heterocycles. The number of aliphatic hydroxyl groups is 1. The Morgan fingerprint density at radius 1 is 0.825 bits per heavy atom. The standard InChI is InChI=1S/C50H60O13/c1-6-7-8-9-10-11-12-13-14-15-16-17-18-22-43(55)62-50(5)45(56)37(38-28-36(24-32(3)51)61-30-40(38)47(50)58)21-19-20-35-25-33-26-42(54)49(4,46(57)39(33)29-60-35)63-48(59)44-31(2)23-34(52)27-41(44)53/h19-21,23,25-29,32,51-53H,6-18,22,24,30H2,1-5H3/t32-,49-,50+/m0/s1. The number of hydrogen-bond acceptors (Lipinski definition) is 13. The molecule has 0 amide bonds. The minimum atomic E-state index is -2.28. The molecule has 2 heterocycles. The second-order valence-corrected chi connectivity index (χ2v) is 17.0. The summed E-state index contributed by atoms with van der Waals surface area (Å²) in [5, 5.41) is 30.0. The molecule has 3 N–H and O–H groups in total. The second kappa shape index (κ2) is 21.5. The van der Waals surface area contributed by atoms with Crippen LogP contribution in [0.15, 0.2) is 94.2 Å². The average molecular weight is 869 g/mol. The molecule has 1 aromatic carbocycles. The first-order valence-electron chi connectivity index (χ1n) is 22.1. The normalized spacial score (nSPS) is 22.1. The number of hydrogen-bond donors (Lipinski definition) is 3. The number of allylic oxidation sites excluding steroid dienone is 7. The lowest BCUT2D eigenvalue weighted by molar-refractivity contribution is -0.169. The van der Waals surface area contributed by atoms with E-state index in [1.165, 1.54) is 102 Å². The molecule has 13 heteroatoms. The Morgan fingerprint density at radius 2 is 1.46 bits per heavy atom. The minimum absolute atomic E-state index is 0.0544. The van der Waals surface area contributed by atoms with Crippen LogP contribution in [0.5, 0.6) is 11.5 Å². The molecule has 4 aliphatic rings. The van der Waals surface area contributed by atoms with E-state index in [1.54, 1.807) is 6.92 Å². The number of benzene rings is 1. The summed E-state index contributed by atoms with van der Waals surface area (Å²) >= 11 is 0. The summed E-state index contributed by atoms with van der Waals surface area (Å²) < 4.78 is 22.6. The minimum Gasteiger partial charge on any atom is -0.508 e. The van der Waals surface area contributed by atoms with Gasteiger partial charge in [0.1, 0.15) is 35.7 Å². The van der Waals surface area contributed by atoms with Crippen molar-refractivity contribution in [3.63, 3.8) is 0 Å². The number of ketones is 4. The summed E-state index contributed by atoms with van der Waals surface area (Å²) in [5.74, 6) is -5.28. The number of phenols is 2. The van der Waals surface area contributed by atoms with E-state index in [-0.39, 0.29) is 69.9 Å². The van der Waals surface area contributed by atoms with Gasteiger partial charge in [-0.3, -0.25) is 24.0 Å². The highest BCUT2D eigenvalue weighted by atomic mass is 16.6. The monoisotopic (exact) mass is 868 g/mol. The molecule has 338 valence electrons. The van der Waals surface area contributed by atoms with E-state index >= 15 is 0 Å². The number of Topliss-reactive ketones (excluding diaryl/α,β-unsaturated/α-hetero) is 3. The molecule has 0 saturated heterocycles. The molecular weight excluding hydrogens is 809 g/mol. The lowest BCUT2D eigenvalue weighted by Crippen LogP contribution is -2.53. The zero-order chi connectivity index (χ0) is 45.9. The Labute approximate surface area is 368 Å². The molecule has 0 unspecified atom stereocenters. The van der Waals surface area contributed by atoms with Gasteiger partial charge in [-0.1, -0.05) is 96.1 Å². The number of fused-ring (bicyclic) bond motifs is 1. The van der Waals surface area contributed by atoms with E-state index in [0.29, 0.717) is 12.2 Å². The van der Waals surface area contributed by atoms with Crippen LogP contribution in [0.4, 0.5) is 0 Å². The van der Waals surface area contributed by atoms with E-state index in [1.807, 2.05) is 0 Å². The average Bonchev–Trinajstić information content (AvgIpc) is 3.21. The molecule has 3 atom stereocenters. The van der Waals surface area contributed by atoms with Gasteiger partial charge < -0.3 is 34.3 Å². The van der Waals surface area contributed by atoms with Gasteiger partial charge in [0.2, 0.25) is 34.3 Å². The van der Waals surface area contributed by atoms with Crippen LogP contribution < -0.4 is 0 Å². The maximum absolute atomic E-state index is 14.2. The van der Waals surface area contributed by atoms with Crippen LogP contribution in [-0.4, -0.2) is 74.3 Å². The van der Waals surface area contributed by atoms with Crippen LogP contribution in [-0.2, 0) is 42.9 Å². The maximum atomic E-state index is 14.2. The lowest BCUT2D eigenvalue weighted by atomic mass is 9.75. The van der Waals surface area contributed by atoms with Gasteiger partial charge in [-0.05, 0) is 81.2 Å². The molecule has 5 rings (SSSR count). The Kier molecular flexibility index (Phi) is 16.5. The van der Waals surface area contributed by atoms with Crippen molar-refractivity contribution in [1.29, 1.82) is 0 Å². The fraction of sp³-hybridized carbons (Fsp3) is 0.480. The zero-order valence-electron chi connectivity index (χ0n) is 37.0. The van der Waals surface area contributed by atoms with Crippen molar-refractivity contribution >= 4 is 35.1 Å². The van der Waals surface area contributed by atoms with E-state index in [9.17, 15) is 44.1 Å². The summed E-state index contributed by atoms with van der Waals surface area (Å²) in [6.07, 6.45) is 23.8. The summed E-state index contributed by atoms with van der Waals surface area (Å²) in [6.45, 7) is 7.47. The van der Waals surface area contributed by atoms with Gasteiger partial charge >= 0.3 is 11.9 Å². The maximum Gasteiger partial charge on any atom is 0.343 e. The number of aryl methyl sites for hydroxylation is 1. The third kappa shape index (κ3) is 11.6. The quantitative estimate of drug-likeness (QED) is 0.0460. The Hall–Kier alpha value is -5.82. The molecule has 0 bridgehead atoms. The van der Waals surface area contributed by atoms with Gasteiger partial charge in [-0.2, -0.15) is 0 Å². The first-order chi connectivity index (χ1) is 30.0. The van der Waals surface area contributed by atoms with Crippen LogP contribution >= 0.6 is 0 Å². The number of unbranched alkanes of at least 4 members (excludes halogenated alkanes) is 12. The van der Waals surface area contributed by atoms with Gasteiger partial charge in [0.15, 0.2) is 0 Å². The van der Waals surface area contributed by atoms with Crippen LogP contribution in [0.1, 0.15) is 140 Å². The number of carbonyl (C=O) groups excluding carboxylic acids is 6. The van der Waals surface area contributed by atoms with Gasteiger partial charge in [0.25, 0.3) is 0 Å². The van der Waals surface area contributed by atoms with Gasteiger partial charge in [0, 0.05) is 30.1 Å². The fourth-order valence-electron chi connectivity index (χ4n) is 8.05. The van der Waals surface area contributed by atoms with Crippen LogP contribution in [0, 0.1) is 6.92 Å². The van der Waals surface area contributed by atoms with E-state index < -0.39 is 58.1 Å². The molecule has 0 aromatic heterocycles. The van der Waals surface area contributed by atoms with Gasteiger partial charge in [-0.15, -0.1) is 0 Å². The zero-order valence-corrected chi connectivity index (χ0v) is 37.0. The Balaban J connectivity index is 1.26. The number of rotatable bonds is 21. The fourth-order valence-corrected chi connectivity index (χ4v) is 8.05. The first kappa shape index (κ1) is 48.2. The highest BCUT2D eigenvalue weighted by Gasteiger charge is 2.53. The van der Waals surface area contributed by atoms with Crippen molar-refractivity contribution in [2.45, 2.75) is 148 Å². The SMILES string of the molecule is CCCCCCCCCCCCCCCC(=O)O[C@]1(C)C(=O)C(=CC=CC2=CC3=CC(=O)[C@](C)(OC(=O)c4c(C)cc(O)cc4O)C(=O)C3=CO2)C2=C(COC(C[C@H](C)O)=C2)C1=O. The van der Waals surface area contributed by atoms with Crippen molar-refractivity contribution in [2.24, 2.45) is 0 Å². The van der Waals surface area contributed by atoms with Crippen molar-refractivity contribution in [2.75, 3.05) is 6.61 Å². The highest BCUT2D eigenvalue weighted by molar-refractivity contribution is 6.29. The van der Waals surface area contributed by atoms with Crippen molar-refractivity contribution in [1.82, 2.24) is 0 Å². The highest BCUT2D eigenvalue weighted by Crippen LogP contribution is 2.39. The number of esters is 2. The number of aliphatic hydroxyl groups excluding tert-OH is 1. The Bertz CT molecular complexity index is 2190. The second-order valence-electron chi connectivity index (χ2n) is 17.0. The molecular formula is C50H60O13. The predicted molar refractivity (Wildman–Crippen MR) is 233 cm³/mol. The van der Waals surface area contributed by atoms with Crippen molar-refractivity contribution in [3.8, 4) is 11.5 Å². The number of aromatic hydroxyl groups is 2. The van der Waals surface area contributed by atoms with Gasteiger partial charge in [0.05, 0.1) is 17.4 Å². The molecule has 0 saturated carbocycles.